The van der Waals surface area contributed by atoms with E-state index in [4.69, 9.17) is 4.74 Å². The molecule has 1 heterocycles. The summed E-state index contributed by atoms with van der Waals surface area (Å²) in [6.07, 6.45) is 0. The van der Waals surface area contributed by atoms with Crippen molar-refractivity contribution in [1.82, 2.24) is 14.7 Å². The van der Waals surface area contributed by atoms with E-state index in [9.17, 15) is 4.79 Å². The van der Waals surface area contributed by atoms with E-state index in [0.717, 1.165) is 23.1 Å². The number of nitrogens with zero attached hydrogens (tertiary/aromatic N) is 3. The van der Waals surface area contributed by atoms with Gasteiger partial charge in [-0.2, -0.15) is 5.10 Å². The standard InChI is InChI=1S/C15H21N3O2/c1-4-18-14-9-7-6-8-12(14)13(16-18)10-17(3)11-15(19)20-5-2/h6-9H,4-5,10-11H2,1-3H3. The molecular formula is C15H21N3O2. The topological polar surface area (TPSA) is 47.4 Å². The number of fused-ring (bicyclic) bond motifs is 1. The average molecular weight is 275 g/mol. The van der Waals surface area contributed by atoms with E-state index >= 15 is 0 Å². The van der Waals surface area contributed by atoms with E-state index in [-0.39, 0.29) is 12.5 Å². The maximum atomic E-state index is 11.5. The zero-order chi connectivity index (χ0) is 14.5. The van der Waals surface area contributed by atoms with Crippen molar-refractivity contribution in [2.45, 2.75) is 26.9 Å². The smallest absolute Gasteiger partial charge is 0.320 e. The maximum Gasteiger partial charge on any atom is 0.320 e. The van der Waals surface area contributed by atoms with Crippen molar-refractivity contribution in [3.63, 3.8) is 0 Å². The maximum absolute atomic E-state index is 11.5. The first-order valence-corrected chi connectivity index (χ1v) is 6.94. The molecular weight excluding hydrogens is 254 g/mol. The number of hydrogen-bond donors (Lipinski definition) is 0. The molecule has 2 rings (SSSR count). The molecule has 1 aromatic heterocycles. The van der Waals surface area contributed by atoms with E-state index in [1.807, 2.05) is 35.7 Å². The van der Waals surface area contributed by atoms with Crippen LogP contribution in [0.5, 0.6) is 0 Å². The number of likely N-dealkylation sites (N-methyl/N-ethyl adjacent to an activating group) is 1. The summed E-state index contributed by atoms with van der Waals surface area (Å²) in [6, 6.07) is 8.17. The largest absolute Gasteiger partial charge is 0.465 e. The number of para-hydroxylation sites is 1. The Hall–Kier alpha value is -1.88. The van der Waals surface area contributed by atoms with E-state index in [1.165, 1.54) is 0 Å². The third-order valence-electron chi connectivity index (χ3n) is 3.16. The lowest BCUT2D eigenvalue weighted by molar-refractivity contribution is -0.144. The van der Waals surface area contributed by atoms with E-state index in [0.29, 0.717) is 13.2 Å². The second-order valence-electron chi connectivity index (χ2n) is 4.76. The predicted molar refractivity (Wildman–Crippen MR) is 78.4 cm³/mol. The summed E-state index contributed by atoms with van der Waals surface area (Å²) >= 11 is 0. The summed E-state index contributed by atoms with van der Waals surface area (Å²) in [7, 11) is 1.90. The van der Waals surface area contributed by atoms with Gasteiger partial charge >= 0.3 is 5.97 Å². The summed E-state index contributed by atoms with van der Waals surface area (Å²) in [6.45, 7) is 6.05. The Balaban J connectivity index is 2.15. The molecule has 0 aliphatic carbocycles. The van der Waals surface area contributed by atoms with Gasteiger partial charge in [-0.3, -0.25) is 14.4 Å². The molecule has 0 aliphatic heterocycles. The molecule has 2 aromatic rings. The number of ether oxygens (including phenoxy) is 1. The first kappa shape index (κ1) is 14.5. The van der Waals surface area contributed by atoms with Gasteiger partial charge in [-0.1, -0.05) is 18.2 Å². The van der Waals surface area contributed by atoms with Crippen LogP contribution in [0.3, 0.4) is 0 Å². The monoisotopic (exact) mass is 275 g/mol. The zero-order valence-corrected chi connectivity index (χ0v) is 12.3. The van der Waals surface area contributed by atoms with Gasteiger partial charge in [-0.05, 0) is 27.0 Å². The lowest BCUT2D eigenvalue weighted by Crippen LogP contribution is -2.27. The Morgan fingerprint density at radius 3 is 2.80 bits per heavy atom. The molecule has 0 fully saturated rings. The normalized spacial score (nSPS) is 11.2. The van der Waals surface area contributed by atoms with Crippen LogP contribution in [-0.2, 0) is 22.6 Å². The average Bonchev–Trinajstić information content (AvgIpc) is 2.77. The first-order chi connectivity index (χ1) is 9.65. The molecule has 5 nitrogen and oxygen atoms in total. The molecule has 5 heteroatoms. The molecule has 1 aromatic carbocycles. The number of benzene rings is 1. The lowest BCUT2D eigenvalue weighted by Gasteiger charge is -2.14. The molecule has 0 saturated heterocycles. The van der Waals surface area contributed by atoms with Gasteiger partial charge in [0.05, 0.1) is 24.4 Å². The fourth-order valence-electron chi connectivity index (χ4n) is 2.29. The third kappa shape index (κ3) is 3.17. The summed E-state index contributed by atoms with van der Waals surface area (Å²) in [5.41, 5.74) is 2.13. The van der Waals surface area contributed by atoms with Crippen molar-refractivity contribution in [1.29, 1.82) is 0 Å². The third-order valence-corrected chi connectivity index (χ3v) is 3.16. The van der Waals surface area contributed by atoms with Gasteiger partial charge in [-0.15, -0.1) is 0 Å². The number of hydrogen-bond acceptors (Lipinski definition) is 4. The van der Waals surface area contributed by atoms with Gasteiger partial charge in [0.15, 0.2) is 0 Å². The van der Waals surface area contributed by atoms with Crippen LogP contribution in [0.2, 0.25) is 0 Å². The Labute approximate surface area is 119 Å². The Morgan fingerprint density at radius 1 is 1.35 bits per heavy atom. The quantitative estimate of drug-likeness (QED) is 0.757. The van der Waals surface area contributed by atoms with Crippen molar-refractivity contribution >= 4 is 16.9 Å². The van der Waals surface area contributed by atoms with Gasteiger partial charge in [-0.25, -0.2) is 0 Å². The Morgan fingerprint density at radius 2 is 2.10 bits per heavy atom. The fourth-order valence-corrected chi connectivity index (χ4v) is 2.29. The summed E-state index contributed by atoms with van der Waals surface area (Å²) in [5.74, 6) is -0.200. The minimum absolute atomic E-state index is 0.200. The van der Waals surface area contributed by atoms with Gasteiger partial charge < -0.3 is 4.74 Å². The minimum atomic E-state index is -0.200. The van der Waals surface area contributed by atoms with E-state index < -0.39 is 0 Å². The van der Waals surface area contributed by atoms with Gasteiger partial charge in [0.1, 0.15) is 0 Å². The first-order valence-electron chi connectivity index (χ1n) is 6.94. The number of rotatable bonds is 6. The van der Waals surface area contributed by atoms with Gasteiger partial charge in [0.25, 0.3) is 0 Å². The summed E-state index contributed by atoms with van der Waals surface area (Å²) < 4.78 is 6.95. The van der Waals surface area contributed by atoms with Crippen molar-refractivity contribution < 1.29 is 9.53 Å². The molecule has 0 N–H and O–H groups in total. The number of carbonyl (C=O) groups excluding carboxylic acids is 1. The second kappa shape index (κ2) is 6.52. The molecule has 0 spiro atoms. The molecule has 0 radical (unpaired) electrons. The molecule has 0 bridgehead atoms. The summed E-state index contributed by atoms with van der Waals surface area (Å²) in [4.78, 5) is 13.4. The molecule has 0 amide bonds. The SMILES string of the molecule is CCOC(=O)CN(C)Cc1nn(CC)c2ccccc12. The van der Waals surface area contributed by atoms with Crippen molar-refractivity contribution in [3.8, 4) is 0 Å². The predicted octanol–water partition coefficient (Wildman–Crippen LogP) is 2.05. The second-order valence-corrected chi connectivity index (χ2v) is 4.76. The fraction of sp³-hybridized carbons (Fsp3) is 0.467. The van der Waals surface area contributed by atoms with Crippen LogP contribution in [0.4, 0.5) is 0 Å². The van der Waals surface area contributed by atoms with Crippen molar-refractivity contribution in [2.24, 2.45) is 0 Å². The number of aryl methyl sites for hydroxylation is 1. The number of carbonyl (C=O) groups is 1. The molecule has 0 atom stereocenters. The molecule has 0 saturated carbocycles. The molecule has 0 unspecified atom stereocenters. The molecule has 0 aliphatic rings. The number of esters is 1. The Bertz CT molecular complexity index is 592. The van der Waals surface area contributed by atoms with Gasteiger partial charge in [0, 0.05) is 18.5 Å². The minimum Gasteiger partial charge on any atom is -0.465 e. The highest BCUT2D eigenvalue weighted by Crippen LogP contribution is 2.19. The molecule has 108 valence electrons. The van der Waals surface area contributed by atoms with Crippen molar-refractivity contribution in [3.05, 3.63) is 30.0 Å². The number of aromatic nitrogens is 2. The lowest BCUT2D eigenvalue weighted by atomic mass is 10.2. The highest BCUT2D eigenvalue weighted by Gasteiger charge is 2.13. The highest BCUT2D eigenvalue weighted by molar-refractivity contribution is 5.82. The Kier molecular flexibility index (Phi) is 4.74. The zero-order valence-electron chi connectivity index (χ0n) is 12.3. The van der Waals surface area contributed by atoms with E-state index in [2.05, 4.69) is 24.2 Å². The van der Waals surface area contributed by atoms with Crippen LogP contribution in [0, 0.1) is 0 Å². The van der Waals surface area contributed by atoms with Crippen molar-refractivity contribution in [2.75, 3.05) is 20.2 Å². The van der Waals surface area contributed by atoms with Gasteiger partial charge in [0.2, 0.25) is 0 Å². The van der Waals surface area contributed by atoms with Crippen LogP contribution >= 0.6 is 0 Å². The highest BCUT2D eigenvalue weighted by atomic mass is 16.5. The van der Waals surface area contributed by atoms with Crippen LogP contribution < -0.4 is 0 Å². The van der Waals surface area contributed by atoms with E-state index in [1.54, 1.807) is 0 Å². The van der Waals surface area contributed by atoms with Crippen LogP contribution in [-0.4, -0.2) is 40.8 Å². The summed E-state index contributed by atoms with van der Waals surface area (Å²) in [5, 5.41) is 5.77. The van der Waals surface area contributed by atoms with Crippen LogP contribution in [0.15, 0.2) is 24.3 Å². The van der Waals surface area contributed by atoms with Crippen LogP contribution in [0.25, 0.3) is 10.9 Å². The van der Waals surface area contributed by atoms with Crippen LogP contribution in [0.1, 0.15) is 19.5 Å². The molecule has 20 heavy (non-hydrogen) atoms.